The van der Waals surface area contributed by atoms with Crippen molar-refractivity contribution in [2.45, 2.75) is 26.6 Å². The molecule has 1 unspecified atom stereocenters. The van der Waals surface area contributed by atoms with Gasteiger partial charge < -0.3 is 10.5 Å². The summed E-state index contributed by atoms with van der Waals surface area (Å²) in [5.74, 6) is -0.287. The van der Waals surface area contributed by atoms with E-state index in [9.17, 15) is 31.5 Å². The summed E-state index contributed by atoms with van der Waals surface area (Å²) >= 11 is 0. The molecule has 1 aromatic heterocycles. The van der Waals surface area contributed by atoms with Crippen LogP contribution < -0.4 is 21.0 Å². The molecule has 3 aliphatic heterocycles. The van der Waals surface area contributed by atoms with Crippen molar-refractivity contribution in [1.82, 2.24) is 14.5 Å². The molecule has 0 saturated carbocycles. The maximum atomic E-state index is 14.2. The third-order valence-electron chi connectivity index (χ3n) is 5.66. The zero-order chi connectivity index (χ0) is 24.3. The second-order valence-corrected chi connectivity index (χ2v) is 7.69. The van der Waals surface area contributed by atoms with Crippen LogP contribution in [0.15, 0.2) is 45.3 Å². The number of aliphatic imine (C=N–C) groups is 1. The van der Waals surface area contributed by atoms with Crippen LogP contribution in [0.3, 0.4) is 0 Å². The lowest BCUT2D eigenvalue weighted by molar-refractivity contribution is -0.206. The fourth-order valence-electron chi connectivity index (χ4n) is 4.04. The predicted molar refractivity (Wildman–Crippen MR) is 106 cm³/mol. The topological polar surface area (TPSA) is 96.4 Å². The van der Waals surface area contributed by atoms with Gasteiger partial charge in [-0.15, -0.1) is 0 Å². The quantitative estimate of drug-likeness (QED) is 0.678. The molecule has 14 heteroatoms. The fourth-order valence-corrected chi connectivity index (χ4v) is 4.04. The normalized spacial score (nSPS) is 22.2. The Morgan fingerprint density at radius 2 is 2.06 bits per heavy atom. The van der Waals surface area contributed by atoms with E-state index in [0.29, 0.717) is 0 Å². The predicted octanol–water partition coefficient (Wildman–Crippen LogP) is 2.78. The summed E-state index contributed by atoms with van der Waals surface area (Å²) < 4.78 is 75.0. The number of primary amides is 1. The fraction of sp³-hybridized carbons (Fsp3) is 0.421. The SMILES string of the molecule is CCOc1cc(N2CC=C3N=CC4=C(N32)C(C)(C(F)(F)F)CN4C(N)=O)cn(C(F)F)c1=O. The number of aromatic nitrogens is 1. The summed E-state index contributed by atoms with van der Waals surface area (Å²) in [6.45, 7) is -1.55. The number of anilines is 1. The van der Waals surface area contributed by atoms with Gasteiger partial charge in [-0.05, 0) is 19.9 Å². The van der Waals surface area contributed by atoms with Gasteiger partial charge >= 0.3 is 18.8 Å². The summed E-state index contributed by atoms with van der Waals surface area (Å²) in [7, 11) is 0. The van der Waals surface area contributed by atoms with Gasteiger partial charge in [0.2, 0.25) is 0 Å². The van der Waals surface area contributed by atoms with Crippen molar-refractivity contribution < 1.29 is 31.5 Å². The number of ether oxygens (including phenoxy) is 1. The van der Waals surface area contributed by atoms with E-state index in [1.165, 1.54) is 17.2 Å². The van der Waals surface area contributed by atoms with E-state index in [1.807, 2.05) is 0 Å². The van der Waals surface area contributed by atoms with Crippen molar-refractivity contribution in [2.24, 2.45) is 16.1 Å². The van der Waals surface area contributed by atoms with Gasteiger partial charge in [0.25, 0.3) is 5.56 Å². The van der Waals surface area contributed by atoms with Crippen molar-refractivity contribution in [1.29, 1.82) is 0 Å². The van der Waals surface area contributed by atoms with Crippen molar-refractivity contribution in [3.63, 3.8) is 0 Å². The van der Waals surface area contributed by atoms with Gasteiger partial charge in [0, 0.05) is 18.8 Å². The highest BCUT2D eigenvalue weighted by Crippen LogP contribution is 2.54. The Balaban J connectivity index is 1.89. The molecule has 3 aliphatic rings. The molecule has 4 rings (SSSR count). The lowest BCUT2D eigenvalue weighted by Crippen LogP contribution is -2.49. The van der Waals surface area contributed by atoms with Gasteiger partial charge in [0.05, 0.1) is 36.4 Å². The highest BCUT2D eigenvalue weighted by Gasteiger charge is 2.63. The number of allylic oxidation sites excluding steroid dienone is 1. The van der Waals surface area contributed by atoms with Crippen molar-refractivity contribution in [3.05, 3.63) is 45.9 Å². The van der Waals surface area contributed by atoms with E-state index in [0.717, 1.165) is 29.2 Å². The minimum atomic E-state index is -4.79. The standard InChI is InChI=1S/C19H19F5N6O3/c1-3-33-12-6-10(8-27(15(12)31)16(20)21)29-5-4-13-26-7-11-14(30(13)29)18(2,19(22,23)24)9-28(11)17(25)32/h4,6-8,16H,3,5,9H2,1-2H3,(H2,25,32). The van der Waals surface area contributed by atoms with Gasteiger partial charge in [-0.3, -0.25) is 19.3 Å². The zero-order valence-electron chi connectivity index (χ0n) is 17.4. The van der Waals surface area contributed by atoms with Gasteiger partial charge in [-0.2, -0.15) is 22.0 Å². The molecule has 178 valence electrons. The average Bonchev–Trinajstić information content (AvgIpc) is 3.28. The molecular weight excluding hydrogens is 455 g/mol. The van der Waals surface area contributed by atoms with E-state index < -0.39 is 36.3 Å². The molecule has 0 bridgehead atoms. The average molecular weight is 474 g/mol. The van der Waals surface area contributed by atoms with Crippen molar-refractivity contribution in [3.8, 4) is 5.75 Å². The molecule has 2 N–H and O–H groups in total. The van der Waals surface area contributed by atoms with E-state index in [4.69, 9.17) is 10.5 Å². The number of hydrazine groups is 1. The Morgan fingerprint density at radius 3 is 2.64 bits per heavy atom. The third kappa shape index (κ3) is 3.31. The lowest BCUT2D eigenvalue weighted by Gasteiger charge is -2.41. The van der Waals surface area contributed by atoms with Crippen LogP contribution in [0, 0.1) is 5.41 Å². The van der Waals surface area contributed by atoms with Gasteiger partial charge in [0.1, 0.15) is 11.2 Å². The zero-order valence-corrected chi connectivity index (χ0v) is 17.4. The number of carbonyl (C=O) groups is 1. The molecule has 0 fully saturated rings. The van der Waals surface area contributed by atoms with Crippen LogP contribution in [-0.2, 0) is 0 Å². The first-order chi connectivity index (χ1) is 15.4. The number of urea groups is 1. The Bertz CT molecular complexity index is 1160. The minimum absolute atomic E-state index is 0.00839. The van der Waals surface area contributed by atoms with E-state index in [2.05, 4.69) is 4.99 Å². The molecule has 2 amide bonds. The Kier molecular flexibility index (Phi) is 5.13. The van der Waals surface area contributed by atoms with E-state index in [1.54, 1.807) is 6.92 Å². The monoisotopic (exact) mass is 474 g/mol. The van der Waals surface area contributed by atoms with Crippen LogP contribution in [0.5, 0.6) is 5.75 Å². The van der Waals surface area contributed by atoms with Gasteiger partial charge in [0.15, 0.2) is 5.75 Å². The molecule has 33 heavy (non-hydrogen) atoms. The first-order valence-corrected chi connectivity index (χ1v) is 9.78. The largest absolute Gasteiger partial charge is 0.488 e. The summed E-state index contributed by atoms with van der Waals surface area (Å²) in [5.41, 5.74) is 1.18. The molecule has 1 atom stereocenters. The van der Waals surface area contributed by atoms with Crippen LogP contribution >= 0.6 is 0 Å². The highest BCUT2D eigenvalue weighted by atomic mass is 19.4. The van der Waals surface area contributed by atoms with Crippen LogP contribution in [0.1, 0.15) is 20.4 Å². The molecule has 0 saturated heterocycles. The molecule has 0 aliphatic carbocycles. The molecule has 0 spiro atoms. The molecule has 4 heterocycles. The second-order valence-electron chi connectivity index (χ2n) is 7.69. The Hall–Kier alpha value is -3.58. The summed E-state index contributed by atoms with van der Waals surface area (Å²) in [5, 5.41) is 2.35. The summed E-state index contributed by atoms with van der Waals surface area (Å²) in [4.78, 5) is 29.0. The van der Waals surface area contributed by atoms with Gasteiger partial charge in [-0.1, -0.05) is 0 Å². The van der Waals surface area contributed by atoms with Crippen molar-refractivity contribution in [2.75, 3.05) is 24.7 Å². The Morgan fingerprint density at radius 1 is 1.36 bits per heavy atom. The van der Waals surface area contributed by atoms with Crippen LogP contribution in [0.2, 0.25) is 0 Å². The van der Waals surface area contributed by atoms with Crippen LogP contribution in [0.4, 0.5) is 32.4 Å². The molecular formula is C19H19F5N6O3. The first-order valence-electron chi connectivity index (χ1n) is 9.78. The van der Waals surface area contributed by atoms with E-state index >= 15 is 0 Å². The number of fused-ring (bicyclic) bond motifs is 2. The molecule has 0 aromatic carbocycles. The number of carbonyl (C=O) groups excluding carboxylic acids is 1. The summed E-state index contributed by atoms with van der Waals surface area (Å²) in [6.07, 6.45) is -1.35. The number of amides is 2. The maximum absolute atomic E-state index is 14.2. The second kappa shape index (κ2) is 7.49. The number of hydrogen-bond donors (Lipinski definition) is 1. The number of alkyl halides is 5. The van der Waals surface area contributed by atoms with E-state index in [-0.39, 0.29) is 46.4 Å². The third-order valence-corrected chi connectivity index (χ3v) is 5.66. The maximum Gasteiger partial charge on any atom is 0.401 e. The van der Waals surface area contributed by atoms with Gasteiger partial charge in [-0.25, -0.2) is 14.8 Å². The molecule has 9 nitrogen and oxygen atoms in total. The number of hydrogen-bond acceptors (Lipinski definition) is 6. The van der Waals surface area contributed by atoms with Crippen molar-refractivity contribution >= 4 is 17.9 Å². The number of rotatable bonds is 4. The van der Waals surface area contributed by atoms with Crippen LogP contribution in [-0.4, -0.2) is 52.6 Å². The number of nitrogens with two attached hydrogens (primary N) is 1. The number of pyridine rings is 1. The Labute approximate surface area is 183 Å². The number of nitrogens with zero attached hydrogens (tertiary/aromatic N) is 5. The lowest BCUT2D eigenvalue weighted by atomic mass is 9.86. The minimum Gasteiger partial charge on any atom is -0.488 e. The van der Waals surface area contributed by atoms with Crippen LogP contribution in [0.25, 0.3) is 0 Å². The smallest absolute Gasteiger partial charge is 0.401 e. The number of halogens is 5. The molecule has 1 aromatic rings. The first kappa shape index (κ1) is 22.6. The summed E-state index contributed by atoms with van der Waals surface area (Å²) in [6, 6.07) is 0.0798. The highest BCUT2D eigenvalue weighted by molar-refractivity contribution is 5.90. The molecule has 0 radical (unpaired) electrons.